The van der Waals surface area contributed by atoms with E-state index in [2.05, 4.69) is 38.3 Å². The van der Waals surface area contributed by atoms with E-state index in [4.69, 9.17) is 16.3 Å². The van der Waals surface area contributed by atoms with Gasteiger partial charge in [-0.25, -0.2) is 0 Å². The third-order valence-electron chi connectivity index (χ3n) is 5.53. The first kappa shape index (κ1) is 18.3. The van der Waals surface area contributed by atoms with Crippen molar-refractivity contribution in [3.63, 3.8) is 0 Å². The van der Waals surface area contributed by atoms with E-state index in [-0.39, 0.29) is 0 Å². The highest BCUT2D eigenvalue weighted by Crippen LogP contribution is 2.29. The van der Waals surface area contributed by atoms with E-state index in [1.54, 1.807) is 0 Å². The summed E-state index contributed by atoms with van der Waals surface area (Å²) in [5, 5.41) is 4.51. The van der Waals surface area contributed by atoms with Crippen LogP contribution in [-0.4, -0.2) is 30.6 Å². The third-order valence-corrected chi connectivity index (χ3v) is 6.40. The fourth-order valence-corrected chi connectivity index (χ4v) is 4.63. The lowest BCUT2D eigenvalue weighted by molar-refractivity contribution is 0.0720. The van der Waals surface area contributed by atoms with Crippen molar-refractivity contribution in [2.45, 2.75) is 32.0 Å². The zero-order valence-electron chi connectivity index (χ0n) is 14.8. The molecule has 0 aliphatic carbocycles. The zero-order valence-corrected chi connectivity index (χ0v) is 17.1. The van der Waals surface area contributed by atoms with Gasteiger partial charge in [-0.15, -0.1) is 0 Å². The van der Waals surface area contributed by atoms with Gasteiger partial charge in [-0.3, -0.25) is 0 Å². The predicted octanol–water partition coefficient (Wildman–Crippen LogP) is 4.87. The molecule has 3 nitrogen and oxygen atoms in total. The lowest BCUT2D eigenvalue weighted by atomic mass is 9.84. The number of fused-ring (bicyclic) bond motifs is 3. The van der Waals surface area contributed by atoms with Crippen LogP contribution in [0.25, 0.3) is 0 Å². The number of piperidine rings is 3. The van der Waals surface area contributed by atoms with Crippen molar-refractivity contribution < 1.29 is 4.74 Å². The number of ether oxygens (including phenoxy) is 1. The maximum absolute atomic E-state index is 5.94. The average molecular weight is 436 g/mol. The van der Waals surface area contributed by atoms with E-state index in [0.717, 1.165) is 33.3 Å². The first-order valence-electron chi connectivity index (χ1n) is 9.29. The molecule has 0 saturated carbocycles. The lowest BCUT2D eigenvalue weighted by Gasteiger charge is -2.45. The molecule has 3 saturated heterocycles. The van der Waals surface area contributed by atoms with Crippen LogP contribution in [0.2, 0.25) is 5.02 Å². The van der Waals surface area contributed by atoms with Crippen molar-refractivity contribution in [3.8, 4) is 5.75 Å². The van der Waals surface area contributed by atoms with E-state index in [1.165, 1.54) is 38.0 Å². The molecule has 2 aromatic carbocycles. The SMILES string of the molecule is Clc1ccc(COc2ccc(CNC3CN4CCC3CC4)cc2Br)cc1. The number of benzene rings is 2. The summed E-state index contributed by atoms with van der Waals surface area (Å²) >= 11 is 9.57. The lowest BCUT2D eigenvalue weighted by Crippen LogP contribution is -2.55. The Labute approximate surface area is 168 Å². The molecular formula is C21H24BrClN2O. The molecule has 1 unspecified atom stereocenters. The number of rotatable bonds is 6. The van der Waals surface area contributed by atoms with E-state index >= 15 is 0 Å². The zero-order chi connectivity index (χ0) is 17.9. The molecule has 0 spiro atoms. The van der Waals surface area contributed by atoms with Gasteiger partial charge in [-0.1, -0.05) is 29.8 Å². The van der Waals surface area contributed by atoms with Crippen LogP contribution >= 0.6 is 27.5 Å². The van der Waals surface area contributed by atoms with Crippen LogP contribution in [0.15, 0.2) is 46.9 Å². The monoisotopic (exact) mass is 434 g/mol. The highest BCUT2D eigenvalue weighted by molar-refractivity contribution is 9.10. The van der Waals surface area contributed by atoms with Crippen molar-refractivity contribution in [2.75, 3.05) is 19.6 Å². The molecule has 2 bridgehead atoms. The van der Waals surface area contributed by atoms with E-state index in [0.29, 0.717) is 12.6 Å². The van der Waals surface area contributed by atoms with Crippen LogP contribution in [-0.2, 0) is 13.2 Å². The van der Waals surface area contributed by atoms with Crippen LogP contribution in [0.1, 0.15) is 24.0 Å². The third kappa shape index (κ3) is 4.42. The molecule has 3 aliphatic rings. The second-order valence-corrected chi connectivity index (χ2v) is 8.60. The Hall–Kier alpha value is -1.07. The van der Waals surface area contributed by atoms with Gasteiger partial charge in [0.15, 0.2) is 0 Å². The normalized spacial score (nSPS) is 24.6. The minimum Gasteiger partial charge on any atom is -0.488 e. The standard InChI is InChI=1S/C21H24BrClN2O/c22-19-11-16(12-24-20-13-25-9-7-17(20)8-10-25)3-6-21(19)26-14-15-1-4-18(23)5-2-15/h1-6,11,17,20,24H,7-10,12-14H2. The summed E-state index contributed by atoms with van der Waals surface area (Å²) in [6.07, 6.45) is 2.69. The molecule has 3 aliphatic heterocycles. The Bertz CT molecular complexity index is 744. The molecule has 1 atom stereocenters. The van der Waals surface area contributed by atoms with Gasteiger partial charge in [-0.05, 0) is 83.2 Å². The largest absolute Gasteiger partial charge is 0.488 e. The van der Waals surface area contributed by atoms with Crippen molar-refractivity contribution >= 4 is 27.5 Å². The molecule has 0 radical (unpaired) electrons. The molecule has 0 amide bonds. The topological polar surface area (TPSA) is 24.5 Å². The molecular weight excluding hydrogens is 412 g/mol. The molecule has 3 fully saturated rings. The van der Waals surface area contributed by atoms with E-state index in [9.17, 15) is 0 Å². The van der Waals surface area contributed by atoms with Gasteiger partial charge in [0.2, 0.25) is 0 Å². The van der Waals surface area contributed by atoms with Gasteiger partial charge in [0.25, 0.3) is 0 Å². The second kappa shape index (κ2) is 8.30. The minimum absolute atomic E-state index is 0.535. The van der Waals surface area contributed by atoms with Crippen LogP contribution in [0.5, 0.6) is 5.75 Å². The Balaban J connectivity index is 1.31. The Kier molecular flexibility index (Phi) is 5.84. The highest BCUT2D eigenvalue weighted by Gasteiger charge is 2.33. The summed E-state index contributed by atoms with van der Waals surface area (Å²) in [5.41, 5.74) is 2.39. The van der Waals surface area contributed by atoms with Crippen LogP contribution in [0.3, 0.4) is 0 Å². The number of hydrogen-bond donors (Lipinski definition) is 1. The van der Waals surface area contributed by atoms with Gasteiger partial charge < -0.3 is 15.0 Å². The summed E-state index contributed by atoms with van der Waals surface area (Å²) in [6.45, 7) is 5.22. The van der Waals surface area contributed by atoms with Crippen molar-refractivity contribution in [1.82, 2.24) is 10.2 Å². The van der Waals surface area contributed by atoms with Crippen molar-refractivity contribution in [2.24, 2.45) is 5.92 Å². The molecule has 1 N–H and O–H groups in total. The average Bonchev–Trinajstić information content (AvgIpc) is 2.68. The molecule has 3 heterocycles. The maximum atomic E-state index is 5.94. The smallest absolute Gasteiger partial charge is 0.134 e. The minimum atomic E-state index is 0.535. The molecule has 0 aromatic heterocycles. The van der Waals surface area contributed by atoms with Gasteiger partial charge in [0, 0.05) is 24.2 Å². The molecule has 138 valence electrons. The summed E-state index contributed by atoms with van der Waals surface area (Å²) in [4.78, 5) is 2.58. The van der Waals surface area contributed by atoms with Gasteiger partial charge in [-0.2, -0.15) is 0 Å². The van der Waals surface area contributed by atoms with Crippen LogP contribution < -0.4 is 10.1 Å². The van der Waals surface area contributed by atoms with Crippen molar-refractivity contribution in [3.05, 3.63) is 63.1 Å². The van der Waals surface area contributed by atoms with Crippen molar-refractivity contribution in [1.29, 1.82) is 0 Å². The Morgan fingerprint density at radius 3 is 2.46 bits per heavy atom. The number of hydrogen-bond acceptors (Lipinski definition) is 3. The quantitative estimate of drug-likeness (QED) is 0.701. The second-order valence-electron chi connectivity index (χ2n) is 7.31. The molecule has 26 heavy (non-hydrogen) atoms. The summed E-state index contributed by atoms with van der Waals surface area (Å²) in [5.74, 6) is 1.72. The van der Waals surface area contributed by atoms with E-state index in [1.807, 2.05) is 30.3 Å². The molecule has 5 rings (SSSR count). The van der Waals surface area contributed by atoms with Crippen LogP contribution in [0.4, 0.5) is 0 Å². The number of nitrogens with one attached hydrogen (secondary N) is 1. The van der Waals surface area contributed by atoms with Gasteiger partial charge in [0.05, 0.1) is 4.47 Å². The Morgan fingerprint density at radius 2 is 1.81 bits per heavy atom. The Morgan fingerprint density at radius 1 is 1.08 bits per heavy atom. The van der Waals surface area contributed by atoms with Gasteiger partial charge in [0.1, 0.15) is 12.4 Å². The first-order chi connectivity index (χ1) is 12.7. The fourth-order valence-electron chi connectivity index (χ4n) is 3.96. The first-order valence-corrected chi connectivity index (χ1v) is 10.5. The summed E-state index contributed by atoms with van der Waals surface area (Å²) in [7, 11) is 0. The van der Waals surface area contributed by atoms with Gasteiger partial charge >= 0.3 is 0 Å². The number of nitrogens with zero attached hydrogens (tertiary/aromatic N) is 1. The fraction of sp³-hybridized carbons (Fsp3) is 0.429. The van der Waals surface area contributed by atoms with E-state index < -0.39 is 0 Å². The summed E-state index contributed by atoms with van der Waals surface area (Å²) < 4.78 is 6.94. The molecule has 5 heteroatoms. The summed E-state index contributed by atoms with van der Waals surface area (Å²) in [6, 6.07) is 14.7. The number of halogens is 2. The highest BCUT2D eigenvalue weighted by atomic mass is 79.9. The molecule has 2 aromatic rings. The van der Waals surface area contributed by atoms with Crippen LogP contribution in [0, 0.1) is 5.92 Å². The maximum Gasteiger partial charge on any atom is 0.134 e. The predicted molar refractivity (Wildman–Crippen MR) is 110 cm³/mol.